The molecule has 51 heavy (non-hydrogen) atoms. The Morgan fingerprint density at radius 3 is 1.49 bits per heavy atom. The van der Waals surface area contributed by atoms with Crippen molar-refractivity contribution in [2.45, 2.75) is 73.0 Å². The summed E-state index contributed by atoms with van der Waals surface area (Å²) in [5, 5.41) is -1.07. The Kier molecular flexibility index (Phi) is 11.7. The minimum absolute atomic E-state index is 0.0594. The van der Waals surface area contributed by atoms with Gasteiger partial charge in [0.2, 0.25) is 0 Å². The van der Waals surface area contributed by atoms with E-state index in [9.17, 15) is 92.6 Å². The molecule has 0 aliphatic carbocycles. The first-order valence-electron chi connectivity index (χ1n) is 12.2. The first-order chi connectivity index (χ1) is 22.6. The smallest absolute Gasteiger partial charge is 0.452 e. The number of carbonyl (C=O) groups is 1. The summed E-state index contributed by atoms with van der Waals surface area (Å²) >= 11 is 5.50. The van der Waals surface area contributed by atoms with E-state index in [0.29, 0.717) is 12.1 Å². The Morgan fingerprint density at radius 2 is 1.06 bits per heavy atom. The van der Waals surface area contributed by atoms with Gasteiger partial charge in [0.05, 0.1) is 12.4 Å². The van der Waals surface area contributed by atoms with Crippen molar-refractivity contribution in [3.63, 3.8) is 0 Å². The zero-order chi connectivity index (χ0) is 40.0. The number of rotatable bonds is 15. The molecular formula is C23H11ClF20N2O5. The number of carbonyl (C=O) groups excluding carboxylic acids is 1. The van der Waals surface area contributed by atoms with Gasteiger partial charge in [-0.3, -0.25) is 4.79 Å². The Bertz CT molecular complexity index is 1520. The van der Waals surface area contributed by atoms with Gasteiger partial charge >= 0.3 is 66.6 Å². The fourth-order valence-corrected chi connectivity index (χ4v) is 2.95. The lowest BCUT2D eigenvalue weighted by atomic mass is 9.97. The van der Waals surface area contributed by atoms with Crippen molar-refractivity contribution in [1.82, 2.24) is 9.97 Å². The van der Waals surface area contributed by atoms with E-state index in [-0.39, 0.29) is 17.1 Å². The second kappa shape index (κ2) is 13.7. The quantitative estimate of drug-likeness (QED) is 0.101. The van der Waals surface area contributed by atoms with Gasteiger partial charge in [0.25, 0.3) is 0 Å². The van der Waals surface area contributed by atoms with Crippen molar-refractivity contribution in [2.24, 2.45) is 0 Å². The number of nitrogens with zero attached hydrogens (tertiary/aromatic N) is 2. The standard InChI is InChI=1S/C23H11ClF20N2O5/c1-8(24)13(47)48-11-6-45-12(46-7-11)9-2-4-10(5-3-9)49-14(25)15(26,27)50-22(41,42)23(43,44)51-21(39,40)19(34,35)17(30,31)16(28,29)18(32,33)20(36,37)38/h2-8,14H,1H3/t8-,14?/m0/s1. The first-order valence-corrected chi connectivity index (χ1v) is 12.6. The molecule has 2 aromatic rings. The van der Waals surface area contributed by atoms with E-state index in [0.717, 1.165) is 24.5 Å². The molecule has 1 aromatic carbocycles. The van der Waals surface area contributed by atoms with Crippen LogP contribution in [0.15, 0.2) is 36.7 Å². The Labute approximate surface area is 272 Å². The molecule has 1 aromatic heterocycles. The molecule has 1 heterocycles. The lowest BCUT2D eigenvalue weighted by Gasteiger charge is -2.40. The topological polar surface area (TPSA) is 79.8 Å². The van der Waals surface area contributed by atoms with Crippen molar-refractivity contribution >= 4 is 17.6 Å². The number of hydrogen-bond acceptors (Lipinski definition) is 7. The van der Waals surface area contributed by atoms with E-state index < -0.39 is 77.8 Å². The third-order valence-corrected chi connectivity index (χ3v) is 5.73. The van der Waals surface area contributed by atoms with Crippen LogP contribution in [0.2, 0.25) is 0 Å². The zero-order valence-electron chi connectivity index (χ0n) is 23.5. The number of halogens is 21. The van der Waals surface area contributed by atoms with Gasteiger partial charge in [0, 0.05) is 5.56 Å². The molecule has 7 nitrogen and oxygen atoms in total. The van der Waals surface area contributed by atoms with Crippen LogP contribution in [0, 0.1) is 0 Å². The molecule has 0 radical (unpaired) electrons. The predicted molar refractivity (Wildman–Crippen MR) is 122 cm³/mol. The molecule has 0 saturated carbocycles. The third kappa shape index (κ3) is 8.38. The van der Waals surface area contributed by atoms with Crippen LogP contribution in [-0.2, 0) is 14.3 Å². The highest BCUT2D eigenvalue weighted by molar-refractivity contribution is 6.29. The number of aromatic nitrogens is 2. The summed E-state index contributed by atoms with van der Waals surface area (Å²) in [7, 11) is 0. The van der Waals surface area contributed by atoms with Gasteiger partial charge in [-0.1, -0.05) is 0 Å². The van der Waals surface area contributed by atoms with Crippen LogP contribution < -0.4 is 9.47 Å². The van der Waals surface area contributed by atoms with Crippen molar-refractivity contribution < 1.29 is 112 Å². The molecular weight excluding hydrogens is 800 g/mol. The van der Waals surface area contributed by atoms with Crippen LogP contribution in [-0.4, -0.2) is 82.0 Å². The largest absolute Gasteiger partial charge is 0.460 e. The van der Waals surface area contributed by atoms with E-state index in [1.807, 2.05) is 4.74 Å². The number of esters is 1. The van der Waals surface area contributed by atoms with Gasteiger partial charge in [-0.05, 0) is 31.2 Å². The maximum Gasteiger partial charge on any atom is 0.460 e. The Morgan fingerprint density at radius 1 is 0.627 bits per heavy atom. The number of hydrogen-bond donors (Lipinski definition) is 0. The van der Waals surface area contributed by atoms with E-state index in [1.165, 1.54) is 11.7 Å². The molecule has 0 fully saturated rings. The van der Waals surface area contributed by atoms with Gasteiger partial charge in [-0.15, -0.1) is 11.6 Å². The highest BCUT2D eigenvalue weighted by atomic mass is 35.5. The van der Waals surface area contributed by atoms with Crippen LogP contribution in [0.3, 0.4) is 0 Å². The average molecular weight is 811 g/mol. The summed E-state index contributed by atoms with van der Waals surface area (Å²) in [6, 6.07) is 2.76. The molecule has 0 bridgehead atoms. The SMILES string of the molecule is C[C@H](Cl)C(=O)Oc1cnc(-c2ccc(OC(F)C(F)(F)OC(F)(F)C(F)(F)OC(F)(F)C(F)(F)C(F)(F)C(F)(F)C(F)(F)C(F)(F)F)cc2)nc1. The fraction of sp³-hybridized carbons (Fsp3) is 0.522. The second-order valence-electron chi connectivity index (χ2n) is 9.35. The van der Waals surface area contributed by atoms with Crippen molar-refractivity contribution in [3.8, 4) is 22.9 Å². The number of benzene rings is 1. The minimum atomic E-state index is -8.79. The minimum Gasteiger partial charge on any atom is -0.452 e. The monoisotopic (exact) mass is 810 g/mol. The van der Waals surface area contributed by atoms with E-state index >= 15 is 0 Å². The Balaban J connectivity index is 2.23. The van der Waals surface area contributed by atoms with Crippen LogP contribution in [0.25, 0.3) is 11.4 Å². The maximum absolute atomic E-state index is 14.0. The molecule has 0 saturated heterocycles. The van der Waals surface area contributed by atoms with E-state index in [4.69, 9.17) is 16.3 Å². The summed E-state index contributed by atoms with van der Waals surface area (Å²) in [6.45, 7) is 1.26. The highest BCUT2D eigenvalue weighted by Crippen LogP contribution is 2.61. The average Bonchev–Trinajstić information content (AvgIpc) is 2.95. The van der Waals surface area contributed by atoms with Gasteiger partial charge in [0.1, 0.15) is 11.1 Å². The van der Waals surface area contributed by atoms with Crippen LogP contribution in [0.5, 0.6) is 11.5 Å². The molecule has 290 valence electrons. The van der Waals surface area contributed by atoms with Crippen molar-refractivity contribution in [2.75, 3.05) is 0 Å². The van der Waals surface area contributed by atoms with Crippen LogP contribution in [0.4, 0.5) is 87.8 Å². The zero-order valence-corrected chi connectivity index (χ0v) is 24.2. The van der Waals surface area contributed by atoms with Gasteiger partial charge in [0.15, 0.2) is 11.6 Å². The molecule has 2 atom stereocenters. The van der Waals surface area contributed by atoms with Gasteiger partial charge < -0.3 is 9.47 Å². The molecule has 28 heteroatoms. The van der Waals surface area contributed by atoms with E-state index in [1.54, 1.807) is 0 Å². The summed E-state index contributed by atoms with van der Waals surface area (Å²) in [4.78, 5) is 18.9. The van der Waals surface area contributed by atoms with Gasteiger partial charge in [-0.2, -0.15) is 87.8 Å². The van der Waals surface area contributed by atoms with Crippen LogP contribution in [0.1, 0.15) is 6.92 Å². The molecule has 0 N–H and O–H groups in total. The summed E-state index contributed by atoms with van der Waals surface area (Å²) in [5.74, 6) is -36.9. The van der Waals surface area contributed by atoms with Gasteiger partial charge in [-0.25, -0.2) is 19.4 Å². The highest BCUT2D eigenvalue weighted by Gasteiger charge is 2.92. The molecule has 1 unspecified atom stereocenters. The first kappa shape index (κ1) is 43.5. The molecule has 0 aliphatic rings. The molecule has 0 spiro atoms. The summed E-state index contributed by atoms with van der Waals surface area (Å²) in [6.07, 6.45) is -41.0. The van der Waals surface area contributed by atoms with Crippen molar-refractivity contribution in [3.05, 3.63) is 36.7 Å². The summed E-state index contributed by atoms with van der Waals surface area (Å²) < 4.78 is 278. The molecule has 0 amide bonds. The lowest BCUT2D eigenvalue weighted by molar-refractivity contribution is -0.548. The van der Waals surface area contributed by atoms with E-state index in [2.05, 4.69) is 14.7 Å². The maximum atomic E-state index is 14.0. The predicted octanol–water partition coefficient (Wildman–Crippen LogP) is 8.86. The lowest BCUT2D eigenvalue weighted by Crippen LogP contribution is -2.71. The molecule has 0 aliphatic heterocycles. The molecule has 2 rings (SSSR count). The number of ether oxygens (including phenoxy) is 4. The Hall–Kier alpha value is -3.62. The summed E-state index contributed by atoms with van der Waals surface area (Å²) in [5.41, 5.74) is -0.0594. The van der Waals surface area contributed by atoms with Crippen LogP contribution >= 0.6 is 11.6 Å². The van der Waals surface area contributed by atoms with Crippen molar-refractivity contribution in [1.29, 1.82) is 0 Å². The fourth-order valence-electron chi connectivity index (χ4n) is 2.90. The third-order valence-electron chi connectivity index (χ3n) is 5.55. The number of alkyl halides is 21. The second-order valence-corrected chi connectivity index (χ2v) is 10.0. The normalized spacial score (nSPS) is 15.7.